The molecule has 0 bridgehead atoms. The molecule has 1 heterocycles. The van der Waals surface area contributed by atoms with Crippen molar-refractivity contribution >= 4 is 63.8 Å². The van der Waals surface area contributed by atoms with Crippen molar-refractivity contribution in [2.75, 3.05) is 49.2 Å². The molecular formula is C24H24Cl2N6O5. The van der Waals surface area contributed by atoms with Gasteiger partial charge in [0.25, 0.3) is 0 Å². The van der Waals surface area contributed by atoms with Crippen molar-refractivity contribution < 1.29 is 23.8 Å². The third-order valence-corrected chi connectivity index (χ3v) is 5.80. The minimum Gasteiger partial charge on any atom is -0.495 e. The molecule has 3 rings (SSSR count). The van der Waals surface area contributed by atoms with Crippen molar-refractivity contribution in [3.8, 4) is 17.2 Å². The van der Waals surface area contributed by atoms with Crippen molar-refractivity contribution in [1.82, 2.24) is 9.97 Å². The molecule has 3 N–H and O–H groups in total. The summed E-state index contributed by atoms with van der Waals surface area (Å²) >= 11 is 12.7. The zero-order valence-corrected chi connectivity index (χ0v) is 21.9. The molecule has 0 aliphatic rings. The van der Waals surface area contributed by atoms with Crippen LogP contribution >= 0.6 is 23.2 Å². The highest BCUT2D eigenvalue weighted by atomic mass is 35.5. The average molecular weight is 547 g/mol. The summed E-state index contributed by atoms with van der Waals surface area (Å²) in [7, 11) is 5.84. The van der Waals surface area contributed by atoms with Crippen LogP contribution in [0.15, 0.2) is 49.3 Å². The van der Waals surface area contributed by atoms with E-state index in [1.807, 2.05) is 0 Å². The van der Waals surface area contributed by atoms with Crippen LogP contribution in [0.2, 0.25) is 10.0 Å². The highest BCUT2D eigenvalue weighted by molar-refractivity contribution is 6.41. The maximum atomic E-state index is 13.0. The fraction of sp³-hybridized carbons (Fsp3) is 0.167. The Labute approximate surface area is 223 Å². The highest BCUT2D eigenvalue weighted by Gasteiger charge is 2.22. The number of benzene rings is 2. The SMILES string of the molecule is C=CC(=O)Nc1c(Nc2cc(N(C)C(=O)Nc3c(Cl)c(OC)cc(OC)c3Cl)ncn2)cccc1OC. The average Bonchev–Trinajstić information content (AvgIpc) is 2.91. The van der Waals surface area contributed by atoms with Gasteiger partial charge in [0, 0.05) is 19.2 Å². The first-order valence-corrected chi connectivity index (χ1v) is 11.3. The third kappa shape index (κ3) is 6.13. The van der Waals surface area contributed by atoms with Gasteiger partial charge >= 0.3 is 6.03 Å². The first-order valence-electron chi connectivity index (χ1n) is 10.6. The Hall–Kier alpha value is -4.22. The van der Waals surface area contributed by atoms with E-state index in [1.165, 1.54) is 51.7 Å². The standard InChI is InChI=1S/C24H24Cl2N6O5/c1-6-19(33)30-22-13(8-7-9-14(22)35-3)29-17-11-18(28-12-27-17)32(2)24(34)31-23-20(25)15(36-4)10-16(37-5)21(23)26/h6-12H,1H2,2-5H3,(H,30,33)(H,31,34)(H,27,28,29). The van der Waals surface area contributed by atoms with Crippen LogP contribution in [0.3, 0.4) is 0 Å². The van der Waals surface area contributed by atoms with E-state index in [9.17, 15) is 9.59 Å². The third-order valence-electron chi connectivity index (χ3n) is 5.05. The number of rotatable bonds is 9. The number of nitrogens with one attached hydrogen (secondary N) is 3. The van der Waals surface area contributed by atoms with E-state index in [0.717, 1.165) is 6.08 Å². The lowest BCUT2D eigenvalue weighted by Crippen LogP contribution is -2.32. The predicted molar refractivity (Wildman–Crippen MR) is 144 cm³/mol. The van der Waals surface area contributed by atoms with E-state index >= 15 is 0 Å². The Kier molecular flexibility index (Phi) is 8.99. The monoisotopic (exact) mass is 546 g/mol. The Balaban J connectivity index is 1.87. The molecule has 0 unspecified atom stereocenters. The molecule has 37 heavy (non-hydrogen) atoms. The van der Waals surface area contributed by atoms with Crippen LogP contribution in [0.25, 0.3) is 0 Å². The number of amides is 3. The topological polar surface area (TPSA) is 127 Å². The summed E-state index contributed by atoms with van der Waals surface area (Å²) in [5.41, 5.74) is 0.994. The van der Waals surface area contributed by atoms with Gasteiger partial charge in [0.1, 0.15) is 50.9 Å². The van der Waals surface area contributed by atoms with Gasteiger partial charge in [-0.25, -0.2) is 14.8 Å². The number of aromatic nitrogens is 2. The first-order chi connectivity index (χ1) is 17.7. The summed E-state index contributed by atoms with van der Waals surface area (Å²) in [4.78, 5) is 34.6. The maximum Gasteiger partial charge on any atom is 0.327 e. The lowest BCUT2D eigenvalue weighted by Gasteiger charge is -2.20. The molecular weight excluding hydrogens is 523 g/mol. The lowest BCUT2D eigenvalue weighted by atomic mass is 10.2. The van der Waals surface area contributed by atoms with Gasteiger partial charge in [-0.2, -0.15) is 0 Å². The smallest absolute Gasteiger partial charge is 0.327 e. The van der Waals surface area contributed by atoms with Gasteiger partial charge in [0.15, 0.2) is 0 Å². The van der Waals surface area contributed by atoms with Gasteiger partial charge in [-0.1, -0.05) is 35.8 Å². The van der Waals surface area contributed by atoms with Crippen molar-refractivity contribution in [2.45, 2.75) is 0 Å². The van der Waals surface area contributed by atoms with E-state index in [0.29, 0.717) is 22.9 Å². The quantitative estimate of drug-likeness (QED) is 0.306. The van der Waals surface area contributed by atoms with E-state index < -0.39 is 11.9 Å². The number of para-hydroxylation sites is 1. The number of urea groups is 1. The number of carbonyl (C=O) groups is 2. The number of hydrogen-bond donors (Lipinski definition) is 3. The number of nitrogens with zero attached hydrogens (tertiary/aromatic N) is 3. The van der Waals surface area contributed by atoms with Gasteiger partial charge in [0.2, 0.25) is 5.91 Å². The largest absolute Gasteiger partial charge is 0.495 e. The second kappa shape index (κ2) is 12.2. The molecule has 3 amide bonds. The fourth-order valence-electron chi connectivity index (χ4n) is 3.14. The molecule has 0 aliphatic heterocycles. The molecule has 0 fully saturated rings. The van der Waals surface area contributed by atoms with Crippen molar-refractivity contribution in [3.05, 3.63) is 59.4 Å². The van der Waals surface area contributed by atoms with Crippen LogP contribution in [-0.2, 0) is 4.79 Å². The second-order valence-corrected chi connectivity index (χ2v) is 7.99. The summed E-state index contributed by atoms with van der Waals surface area (Å²) < 4.78 is 15.8. The summed E-state index contributed by atoms with van der Waals surface area (Å²) in [5, 5.41) is 8.66. The lowest BCUT2D eigenvalue weighted by molar-refractivity contribution is -0.111. The minimum absolute atomic E-state index is 0.104. The number of methoxy groups -OCH3 is 3. The van der Waals surface area contributed by atoms with Gasteiger partial charge in [-0.3, -0.25) is 9.69 Å². The summed E-state index contributed by atoms with van der Waals surface area (Å²) in [6.45, 7) is 3.47. The molecule has 0 saturated heterocycles. The van der Waals surface area contributed by atoms with Crippen molar-refractivity contribution in [2.24, 2.45) is 0 Å². The normalized spacial score (nSPS) is 10.2. The number of ether oxygens (including phenoxy) is 3. The maximum absolute atomic E-state index is 13.0. The Bertz CT molecular complexity index is 1310. The molecule has 13 heteroatoms. The molecule has 11 nitrogen and oxygen atoms in total. The Morgan fingerprint density at radius 1 is 0.946 bits per heavy atom. The van der Waals surface area contributed by atoms with E-state index in [2.05, 4.69) is 32.5 Å². The van der Waals surface area contributed by atoms with E-state index in [4.69, 9.17) is 37.4 Å². The first kappa shape index (κ1) is 27.4. The van der Waals surface area contributed by atoms with Gasteiger partial charge in [-0.05, 0) is 18.2 Å². The van der Waals surface area contributed by atoms with Crippen LogP contribution < -0.4 is 35.1 Å². The summed E-state index contributed by atoms with van der Waals surface area (Å²) in [6, 6.07) is 7.60. The minimum atomic E-state index is -0.593. The summed E-state index contributed by atoms with van der Waals surface area (Å²) in [6.07, 6.45) is 2.42. The van der Waals surface area contributed by atoms with E-state index in [1.54, 1.807) is 18.2 Å². The van der Waals surface area contributed by atoms with E-state index in [-0.39, 0.29) is 33.0 Å². The number of anilines is 5. The Morgan fingerprint density at radius 2 is 1.59 bits per heavy atom. The fourth-order valence-corrected chi connectivity index (χ4v) is 3.73. The van der Waals surface area contributed by atoms with Gasteiger partial charge in [0.05, 0.1) is 32.7 Å². The molecule has 0 aliphatic carbocycles. The molecule has 194 valence electrons. The molecule has 3 aromatic rings. The number of carbonyl (C=O) groups excluding carboxylic acids is 2. The highest BCUT2D eigenvalue weighted by Crippen LogP contribution is 2.44. The van der Waals surface area contributed by atoms with Crippen LogP contribution in [0.4, 0.5) is 33.5 Å². The predicted octanol–water partition coefficient (Wildman–Crippen LogP) is 5.35. The molecule has 0 saturated carbocycles. The van der Waals surface area contributed by atoms with Gasteiger partial charge < -0.3 is 30.2 Å². The second-order valence-electron chi connectivity index (χ2n) is 7.24. The van der Waals surface area contributed by atoms with Gasteiger partial charge in [-0.15, -0.1) is 0 Å². The zero-order valence-electron chi connectivity index (χ0n) is 20.4. The number of hydrogen-bond acceptors (Lipinski definition) is 8. The van der Waals surface area contributed by atoms with Crippen LogP contribution in [-0.4, -0.2) is 50.3 Å². The zero-order chi connectivity index (χ0) is 27.1. The van der Waals surface area contributed by atoms with Crippen molar-refractivity contribution in [3.63, 3.8) is 0 Å². The Morgan fingerprint density at radius 3 is 2.19 bits per heavy atom. The van der Waals surface area contributed by atoms with Crippen LogP contribution in [0.5, 0.6) is 17.2 Å². The van der Waals surface area contributed by atoms with Crippen molar-refractivity contribution in [1.29, 1.82) is 0 Å². The molecule has 0 radical (unpaired) electrons. The van der Waals surface area contributed by atoms with Crippen LogP contribution in [0.1, 0.15) is 0 Å². The summed E-state index contributed by atoms with van der Waals surface area (Å²) in [5.74, 6) is 1.13. The molecule has 0 atom stereocenters. The molecule has 0 spiro atoms. The molecule has 1 aromatic heterocycles. The molecule has 2 aromatic carbocycles. The number of halogens is 2. The van der Waals surface area contributed by atoms with Crippen LogP contribution in [0, 0.1) is 0 Å².